The van der Waals surface area contributed by atoms with Gasteiger partial charge in [-0.05, 0) is 17.9 Å². The number of Topliss-reactive ketones (excluding diaryl/α,β-unsaturated/α-hetero) is 1. The van der Waals surface area contributed by atoms with Crippen molar-refractivity contribution in [3.63, 3.8) is 0 Å². The van der Waals surface area contributed by atoms with Gasteiger partial charge in [0.1, 0.15) is 6.61 Å². The number of benzene rings is 1. The van der Waals surface area contributed by atoms with E-state index in [-0.39, 0.29) is 24.5 Å². The Bertz CT molecular complexity index is 516. The molecule has 0 aliphatic carbocycles. The van der Waals surface area contributed by atoms with Gasteiger partial charge in [-0.25, -0.2) is 4.79 Å². The zero-order valence-electron chi connectivity index (χ0n) is 14.0. The lowest BCUT2D eigenvalue weighted by molar-refractivity contribution is -0.122. The topological polar surface area (TPSA) is 58.6 Å². The Balaban J connectivity index is 1.80. The normalized spacial score (nSPS) is 18.0. The molecule has 0 saturated carbocycles. The highest BCUT2D eigenvalue weighted by molar-refractivity contribution is 5.85. The molecule has 2 rings (SSSR count). The highest BCUT2D eigenvalue weighted by atomic mass is 16.6. The number of piperazine rings is 1. The van der Waals surface area contributed by atoms with E-state index in [9.17, 15) is 9.59 Å². The van der Waals surface area contributed by atoms with E-state index < -0.39 is 0 Å². The maximum absolute atomic E-state index is 12.2. The fourth-order valence-electron chi connectivity index (χ4n) is 2.55. The first-order valence-corrected chi connectivity index (χ1v) is 8.28. The molecule has 1 saturated heterocycles. The molecule has 0 unspecified atom stereocenters. The second-order valence-electron chi connectivity index (χ2n) is 6.39. The second kappa shape index (κ2) is 8.67. The summed E-state index contributed by atoms with van der Waals surface area (Å²) < 4.78 is 5.34. The first kappa shape index (κ1) is 17.5. The van der Waals surface area contributed by atoms with Crippen LogP contribution in [-0.2, 0) is 16.1 Å². The van der Waals surface area contributed by atoms with Gasteiger partial charge in [-0.2, -0.15) is 0 Å². The van der Waals surface area contributed by atoms with E-state index in [1.165, 1.54) is 0 Å². The van der Waals surface area contributed by atoms with Gasteiger partial charge in [0.15, 0.2) is 5.78 Å². The fraction of sp³-hybridized carbons (Fsp3) is 0.556. The van der Waals surface area contributed by atoms with E-state index in [1.54, 1.807) is 4.90 Å². The highest BCUT2D eigenvalue weighted by Gasteiger charge is 2.28. The smallest absolute Gasteiger partial charge is 0.410 e. The number of rotatable bonds is 6. The van der Waals surface area contributed by atoms with Gasteiger partial charge in [0.05, 0.1) is 6.04 Å². The molecule has 5 nitrogen and oxygen atoms in total. The van der Waals surface area contributed by atoms with Crippen LogP contribution in [0.5, 0.6) is 0 Å². The Morgan fingerprint density at radius 1 is 1.30 bits per heavy atom. The van der Waals surface area contributed by atoms with Crippen LogP contribution in [0.1, 0.15) is 32.3 Å². The van der Waals surface area contributed by atoms with Crippen LogP contribution in [0.2, 0.25) is 0 Å². The number of ether oxygens (including phenoxy) is 1. The molecule has 1 amide bonds. The van der Waals surface area contributed by atoms with Crippen molar-refractivity contribution in [2.75, 3.05) is 19.6 Å². The number of ketones is 1. The lowest BCUT2D eigenvalue weighted by Gasteiger charge is -2.32. The molecule has 1 atom stereocenters. The van der Waals surface area contributed by atoms with Gasteiger partial charge in [0.25, 0.3) is 0 Å². The minimum absolute atomic E-state index is 0.180. The fourth-order valence-corrected chi connectivity index (χ4v) is 2.55. The summed E-state index contributed by atoms with van der Waals surface area (Å²) in [5, 5.41) is 3.20. The molecule has 23 heavy (non-hydrogen) atoms. The average Bonchev–Trinajstić information content (AvgIpc) is 2.58. The van der Waals surface area contributed by atoms with Crippen molar-refractivity contribution in [1.82, 2.24) is 10.2 Å². The van der Waals surface area contributed by atoms with Crippen LogP contribution in [0, 0.1) is 5.92 Å². The first-order valence-electron chi connectivity index (χ1n) is 8.28. The van der Waals surface area contributed by atoms with E-state index in [0.29, 0.717) is 32.0 Å². The van der Waals surface area contributed by atoms with E-state index >= 15 is 0 Å². The molecule has 0 bridgehead atoms. The molecular weight excluding hydrogens is 292 g/mol. The number of nitrogens with one attached hydrogen (secondary N) is 1. The lowest BCUT2D eigenvalue weighted by Crippen LogP contribution is -2.55. The van der Waals surface area contributed by atoms with Gasteiger partial charge < -0.3 is 15.0 Å². The Hall–Kier alpha value is -1.88. The molecule has 1 aliphatic rings. The van der Waals surface area contributed by atoms with Crippen LogP contribution >= 0.6 is 0 Å². The molecule has 0 spiro atoms. The summed E-state index contributed by atoms with van der Waals surface area (Å²) in [5.41, 5.74) is 0.959. The molecule has 1 aromatic carbocycles. The van der Waals surface area contributed by atoms with Crippen molar-refractivity contribution in [2.45, 2.75) is 39.3 Å². The summed E-state index contributed by atoms with van der Waals surface area (Å²) in [6, 6.07) is 9.32. The Kier molecular flexibility index (Phi) is 6.59. The molecular formula is C18H26N2O3. The average molecular weight is 318 g/mol. The third-order valence-electron chi connectivity index (χ3n) is 4.00. The van der Waals surface area contributed by atoms with Crippen LogP contribution < -0.4 is 5.32 Å². The molecule has 0 aromatic heterocycles. The number of amides is 1. The number of carbonyl (C=O) groups excluding carboxylic acids is 2. The Labute approximate surface area is 138 Å². The van der Waals surface area contributed by atoms with Gasteiger partial charge in [0, 0.05) is 26.1 Å². The third-order valence-corrected chi connectivity index (χ3v) is 4.00. The predicted molar refractivity (Wildman–Crippen MR) is 89.1 cm³/mol. The number of carbonyl (C=O) groups is 2. The number of hydrogen-bond acceptors (Lipinski definition) is 4. The van der Waals surface area contributed by atoms with Crippen LogP contribution in [0.15, 0.2) is 30.3 Å². The molecule has 1 fully saturated rings. The summed E-state index contributed by atoms with van der Waals surface area (Å²) >= 11 is 0. The molecule has 1 heterocycles. The Morgan fingerprint density at radius 3 is 2.74 bits per heavy atom. The van der Waals surface area contributed by atoms with Crippen molar-refractivity contribution >= 4 is 11.9 Å². The van der Waals surface area contributed by atoms with Crippen LogP contribution in [-0.4, -0.2) is 42.5 Å². The number of nitrogens with zero attached hydrogens (tertiary/aromatic N) is 1. The SMILES string of the molecule is CC(C)CCC(=O)[C@H]1CN(C(=O)OCc2ccccc2)CCN1. The standard InChI is InChI=1S/C18H26N2O3/c1-14(2)8-9-17(21)16-12-20(11-10-19-16)18(22)23-13-15-6-4-3-5-7-15/h3-7,14,16,19H,8-13H2,1-2H3/t16-/m1/s1. The summed E-state index contributed by atoms with van der Waals surface area (Å²) in [5.74, 6) is 0.689. The largest absolute Gasteiger partial charge is 0.445 e. The minimum atomic E-state index is -0.350. The molecule has 1 aromatic rings. The van der Waals surface area contributed by atoms with Crippen molar-refractivity contribution in [3.8, 4) is 0 Å². The van der Waals surface area contributed by atoms with Gasteiger partial charge in [-0.1, -0.05) is 44.2 Å². The lowest BCUT2D eigenvalue weighted by atomic mass is 10.0. The first-order chi connectivity index (χ1) is 11.1. The summed E-state index contributed by atoms with van der Waals surface area (Å²) in [4.78, 5) is 26.0. The monoisotopic (exact) mass is 318 g/mol. The van der Waals surface area contributed by atoms with Gasteiger partial charge >= 0.3 is 6.09 Å². The van der Waals surface area contributed by atoms with Crippen molar-refractivity contribution in [1.29, 1.82) is 0 Å². The quantitative estimate of drug-likeness (QED) is 0.876. The van der Waals surface area contributed by atoms with Crippen molar-refractivity contribution in [2.24, 2.45) is 5.92 Å². The van der Waals surface area contributed by atoms with E-state index in [2.05, 4.69) is 19.2 Å². The summed E-state index contributed by atoms with van der Waals surface area (Å²) in [6.07, 6.45) is 1.09. The van der Waals surface area contributed by atoms with Crippen molar-refractivity contribution < 1.29 is 14.3 Å². The second-order valence-corrected chi connectivity index (χ2v) is 6.39. The molecule has 1 N–H and O–H groups in total. The van der Waals surface area contributed by atoms with Gasteiger partial charge in [0.2, 0.25) is 0 Å². The molecule has 0 radical (unpaired) electrons. The maximum atomic E-state index is 12.2. The van der Waals surface area contributed by atoms with Crippen molar-refractivity contribution in [3.05, 3.63) is 35.9 Å². The van der Waals surface area contributed by atoms with E-state index in [4.69, 9.17) is 4.74 Å². The zero-order valence-corrected chi connectivity index (χ0v) is 14.0. The van der Waals surface area contributed by atoms with E-state index in [0.717, 1.165) is 12.0 Å². The van der Waals surface area contributed by atoms with Crippen LogP contribution in [0.4, 0.5) is 4.79 Å². The van der Waals surface area contributed by atoms with Crippen LogP contribution in [0.25, 0.3) is 0 Å². The zero-order chi connectivity index (χ0) is 16.7. The third kappa shape index (κ3) is 5.67. The maximum Gasteiger partial charge on any atom is 0.410 e. The van der Waals surface area contributed by atoms with Gasteiger partial charge in [-0.3, -0.25) is 4.79 Å². The predicted octanol–water partition coefficient (Wildman–Crippen LogP) is 2.60. The summed E-state index contributed by atoms with van der Waals surface area (Å²) in [7, 11) is 0. The van der Waals surface area contributed by atoms with Crippen LogP contribution in [0.3, 0.4) is 0 Å². The van der Waals surface area contributed by atoms with Gasteiger partial charge in [-0.15, -0.1) is 0 Å². The summed E-state index contributed by atoms with van der Waals surface area (Å²) in [6.45, 7) is 6.06. The van der Waals surface area contributed by atoms with E-state index in [1.807, 2.05) is 30.3 Å². The highest BCUT2D eigenvalue weighted by Crippen LogP contribution is 2.10. The Morgan fingerprint density at radius 2 is 2.04 bits per heavy atom. The molecule has 1 aliphatic heterocycles. The number of hydrogen-bond donors (Lipinski definition) is 1. The molecule has 126 valence electrons. The minimum Gasteiger partial charge on any atom is -0.445 e. The molecule has 5 heteroatoms.